The third kappa shape index (κ3) is 5.14. The Labute approximate surface area is 154 Å². The molecule has 0 spiro atoms. The van der Waals surface area contributed by atoms with Crippen molar-refractivity contribution in [3.05, 3.63) is 28.5 Å². The van der Waals surface area contributed by atoms with Crippen molar-refractivity contribution >= 4 is 45.5 Å². The zero-order chi connectivity index (χ0) is 18.4. The maximum Gasteiger partial charge on any atom is 0.342 e. The average Bonchev–Trinajstić information content (AvgIpc) is 3.21. The normalized spacial score (nSPS) is 11.6. The summed E-state index contributed by atoms with van der Waals surface area (Å²) in [4.78, 5) is 36.6. The maximum atomic E-state index is 12.5. The molecule has 6 nitrogen and oxygen atoms in total. The van der Waals surface area contributed by atoms with Crippen LogP contribution < -0.4 is 10.6 Å². The number of rotatable bonds is 7. The predicted molar refractivity (Wildman–Crippen MR) is 100 cm³/mol. The van der Waals surface area contributed by atoms with Gasteiger partial charge in [-0.1, -0.05) is 13.0 Å². The Morgan fingerprint density at radius 3 is 2.64 bits per heavy atom. The fourth-order valence-corrected chi connectivity index (χ4v) is 3.87. The van der Waals surface area contributed by atoms with Crippen molar-refractivity contribution in [1.29, 1.82) is 0 Å². The van der Waals surface area contributed by atoms with Gasteiger partial charge in [0.05, 0.1) is 0 Å². The van der Waals surface area contributed by atoms with Crippen LogP contribution in [0.2, 0.25) is 0 Å². The summed E-state index contributed by atoms with van der Waals surface area (Å²) in [5.41, 5.74) is 0.968. The molecule has 0 saturated heterocycles. The van der Waals surface area contributed by atoms with Crippen molar-refractivity contribution in [3.63, 3.8) is 0 Å². The van der Waals surface area contributed by atoms with Crippen LogP contribution in [0.15, 0.2) is 22.9 Å². The van der Waals surface area contributed by atoms with Crippen LogP contribution in [-0.2, 0) is 14.3 Å². The molecule has 0 radical (unpaired) electrons. The first-order valence-electron chi connectivity index (χ1n) is 7.81. The van der Waals surface area contributed by atoms with Gasteiger partial charge in [0, 0.05) is 28.8 Å². The molecule has 0 aliphatic rings. The largest absolute Gasteiger partial charge is 0.452 e. The molecular weight excluding hydrogens is 360 g/mol. The van der Waals surface area contributed by atoms with E-state index in [0.717, 1.165) is 11.3 Å². The number of hydrogen-bond donors (Lipinski definition) is 2. The van der Waals surface area contributed by atoms with Crippen LogP contribution >= 0.6 is 22.7 Å². The number of amides is 2. The summed E-state index contributed by atoms with van der Waals surface area (Å²) in [6, 6.07) is 3.78. The van der Waals surface area contributed by atoms with Gasteiger partial charge in [0.25, 0.3) is 5.91 Å². The molecule has 0 fully saturated rings. The number of nitrogens with one attached hydrogen (secondary N) is 2. The summed E-state index contributed by atoms with van der Waals surface area (Å²) in [5, 5.41) is 9.51. The van der Waals surface area contributed by atoms with Gasteiger partial charge in [-0.2, -0.15) is 0 Å². The molecule has 0 aliphatic carbocycles. The summed E-state index contributed by atoms with van der Waals surface area (Å²) in [6.07, 6.45) is 0.791. The van der Waals surface area contributed by atoms with Gasteiger partial charge in [-0.05, 0) is 24.8 Å². The maximum absolute atomic E-state index is 12.5. The molecule has 2 N–H and O–H groups in total. The minimum atomic E-state index is -0.632. The van der Waals surface area contributed by atoms with E-state index >= 15 is 0 Å². The van der Waals surface area contributed by atoms with Crippen molar-refractivity contribution in [1.82, 2.24) is 5.32 Å². The van der Waals surface area contributed by atoms with Crippen molar-refractivity contribution in [2.45, 2.75) is 33.2 Å². The molecule has 0 saturated carbocycles. The lowest BCUT2D eigenvalue weighted by Gasteiger charge is -2.12. The van der Waals surface area contributed by atoms with E-state index in [4.69, 9.17) is 4.74 Å². The molecule has 2 rings (SSSR count). The van der Waals surface area contributed by atoms with Crippen LogP contribution in [0.4, 0.5) is 5.00 Å². The Kier molecular flexibility index (Phi) is 6.72. The zero-order valence-electron chi connectivity index (χ0n) is 14.3. The van der Waals surface area contributed by atoms with Gasteiger partial charge >= 0.3 is 5.97 Å². The molecule has 1 atom stereocenters. The van der Waals surface area contributed by atoms with E-state index in [-0.39, 0.29) is 30.0 Å². The molecule has 2 aromatic heterocycles. The molecule has 0 aliphatic heterocycles. The Morgan fingerprint density at radius 2 is 2.04 bits per heavy atom. The molecule has 134 valence electrons. The van der Waals surface area contributed by atoms with E-state index in [1.165, 1.54) is 29.6 Å². The monoisotopic (exact) mass is 380 g/mol. The van der Waals surface area contributed by atoms with Crippen molar-refractivity contribution in [3.8, 4) is 10.4 Å². The second-order valence-electron chi connectivity index (χ2n) is 5.46. The highest BCUT2D eigenvalue weighted by Gasteiger charge is 2.23. The number of thiophene rings is 2. The van der Waals surface area contributed by atoms with E-state index < -0.39 is 5.97 Å². The van der Waals surface area contributed by atoms with Crippen molar-refractivity contribution in [2.75, 3.05) is 11.9 Å². The molecule has 25 heavy (non-hydrogen) atoms. The zero-order valence-corrected chi connectivity index (χ0v) is 15.9. The van der Waals surface area contributed by atoms with E-state index in [2.05, 4.69) is 10.6 Å². The van der Waals surface area contributed by atoms with Crippen molar-refractivity contribution in [2.24, 2.45) is 0 Å². The first kappa shape index (κ1) is 19.1. The number of esters is 1. The Bertz CT molecular complexity index is 753. The molecule has 8 heteroatoms. The predicted octanol–water partition coefficient (Wildman–Crippen LogP) is 3.51. The minimum Gasteiger partial charge on any atom is -0.452 e. The van der Waals surface area contributed by atoms with Gasteiger partial charge in [-0.25, -0.2) is 4.79 Å². The standard InChI is InChI=1S/C17H20N2O4S2/c1-4-10(2)18-14(21)8-23-17(22)15-12(13-6-5-7-24-13)9-25-16(15)19-11(3)20/h5-7,9-10H,4,8H2,1-3H3,(H,18,21)(H,19,20)/t10-/m0/s1. The highest BCUT2D eigenvalue weighted by molar-refractivity contribution is 7.17. The smallest absolute Gasteiger partial charge is 0.342 e. The molecule has 2 amide bonds. The lowest BCUT2D eigenvalue weighted by atomic mass is 10.1. The molecular formula is C17H20N2O4S2. The number of carbonyl (C=O) groups is 3. The minimum absolute atomic E-state index is 0.0176. The van der Waals surface area contributed by atoms with E-state index in [1.54, 1.807) is 5.38 Å². The lowest BCUT2D eigenvalue weighted by molar-refractivity contribution is -0.124. The topological polar surface area (TPSA) is 84.5 Å². The van der Waals surface area contributed by atoms with Gasteiger partial charge in [-0.15, -0.1) is 22.7 Å². The molecule has 0 bridgehead atoms. The van der Waals surface area contributed by atoms with Gasteiger partial charge in [0.2, 0.25) is 5.91 Å². The van der Waals surface area contributed by atoms with Gasteiger partial charge in [-0.3, -0.25) is 9.59 Å². The van der Waals surface area contributed by atoms with Crippen molar-refractivity contribution < 1.29 is 19.1 Å². The highest BCUT2D eigenvalue weighted by Crippen LogP contribution is 2.38. The number of carbonyl (C=O) groups excluding carboxylic acids is 3. The third-order valence-electron chi connectivity index (χ3n) is 3.43. The van der Waals surface area contributed by atoms with Crippen LogP contribution in [0.5, 0.6) is 0 Å². The average molecular weight is 380 g/mol. The third-order valence-corrected chi connectivity index (χ3v) is 5.22. The first-order chi connectivity index (χ1) is 11.9. The molecule has 0 unspecified atom stereocenters. The Morgan fingerprint density at radius 1 is 1.28 bits per heavy atom. The van der Waals surface area contributed by atoms with E-state index in [0.29, 0.717) is 10.6 Å². The van der Waals surface area contributed by atoms with E-state index in [9.17, 15) is 14.4 Å². The number of anilines is 1. The quantitative estimate of drug-likeness (QED) is 0.720. The number of ether oxygens (including phenoxy) is 1. The van der Waals surface area contributed by atoms with E-state index in [1.807, 2.05) is 31.4 Å². The SMILES string of the molecule is CC[C@H](C)NC(=O)COC(=O)c1c(-c2cccs2)csc1NC(C)=O. The van der Waals surface area contributed by atoms with Gasteiger partial charge in [0.15, 0.2) is 6.61 Å². The molecule has 2 heterocycles. The first-order valence-corrected chi connectivity index (χ1v) is 9.57. The van der Waals surface area contributed by atoms with Crippen LogP contribution in [0, 0.1) is 0 Å². The van der Waals surface area contributed by atoms with Crippen LogP contribution in [-0.4, -0.2) is 30.4 Å². The summed E-state index contributed by atoms with van der Waals surface area (Å²) >= 11 is 2.74. The summed E-state index contributed by atoms with van der Waals surface area (Å²) < 4.78 is 5.16. The fraction of sp³-hybridized carbons (Fsp3) is 0.353. The van der Waals surface area contributed by atoms with Gasteiger partial charge < -0.3 is 15.4 Å². The number of hydrogen-bond acceptors (Lipinski definition) is 6. The second kappa shape index (κ2) is 8.77. The summed E-state index contributed by atoms with van der Waals surface area (Å²) in [6.45, 7) is 4.85. The van der Waals surface area contributed by atoms with Crippen LogP contribution in [0.3, 0.4) is 0 Å². The van der Waals surface area contributed by atoms with Crippen LogP contribution in [0.1, 0.15) is 37.6 Å². The Hall–Kier alpha value is -2.19. The second-order valence-corrected chi connectivity index (χ2v) is 7.29. The summed E-state index contributed by atoms with van der Waals surface area (Å²) in [7, 11) is 0. The Balaban J connectivity index is 2.17. The molecule has 0 aromatic carbocycles. The fourth-order valence-electron chi connectivity index (χ4n) is 2.05. The lowest BCUT2D eigenvalue weighted by Crippen LogP contribution is -2.35. The summed E-state index contributed by atoms with van der Waals surface area (Å²) in [5.74, 6) is -1.26. The van der Waals surface area contributed by atoms with Gasteiger partial charge in [0.1, 0.15) is 10.6 Å². The van der Waals surface area contributed by atoms with Crippen LogP contribution in [0.25, 0.3) is 10.4 Å². The highest BCUT2D eigenvalue weighted by atomic mass is 32.1. The molecule has 2 aromatic rings.